The van der Waals surface area contributed by atoms with Crippen molar-refractivity contribution in [1.82, 2.24) is 9.21 Å². The van der Waals surface area contributed by atoms with Gasteiger partial charge in [0.05, 0.1) is 17.5 Å². The molecule has 0 unspecified atom stereocenters. The molecule has 0 saturated carbocycles. The van der Waals surface area contributed by atoms with E-state index >= 15 is 0 Å². The normalized spacial score (nSPS) is 16.6. The molecule has 3 aromatic rings. The fraction of sp³-hybridized carbons (Fsp3) is 0.346. The maximum atomic E-state index is 13.7. The van der Waals surface area contributed by atoms with Gasteiger partial charge in [-0.3, -0.25) is 4.79 Å². The second-order valence-corrected chi connectivity index (χ2v) is 12.0. The molecule has 0 bridgehead atoms. The molecule has 0 spiro atoms. The van der Waals surface area contributed by atoms with Gasteiger partial charge in [-0.2, -0.15) is 4.31 Å². The summed E-state index contributed by atoms with van der Waals surface area (Å²) in [5.41, 5.74) is 0.998. The van der Waals surface area contributed by atoms with Crippen LogP contribution in [0.25, 0.3) is 0 Å². The van der Waals surface area contributed by atoms with E-state index in [0.29, 0.717) is 30.2 Å². The maximum absolute atomic E-state index is 13.7. The molecule has 2 aromatic carbocycles. The Hall–Kier alpha value is -2.46. The number of amides is 1. The smallest absolute Gasteiger partial charge is 0.243 e. The van der Waals surface area contributed by atoms with Crippen LogP contribution >= 0.6 is 22.9 Å². The lowest BCUT2D eigenvalue weighted by atomic mass is 10.0. The first-order valence-electron chi connectivity index (χ1n) is 11.7. The number of thiophene rings is 1. The third kappa shape index (κ3) is 5.75. The number of ether oxygens (including phenoxy) is 1. The van der Waals surface area contributed by atoms with Gasteiger partial charge in [-0.05, 0) is 85.3 Å². The van der Waals surface area contributed by atoms with Gasteiger partial charge in [0.1, 0.15) is 18.2 Å². The highest BCUT2D eigenvalue weighted by atomic mass is 35.5. The first kappa shape index (κ1) is 26.6. The Labute approximate surface area is 220 Å². The summed E-state index contributed by atoms with van der Waals surface area (Å²) < 4.78 is 47.5. The molecule has 36 heavy (non-hydrogen) atoms. The molecule has 0 radical (unpaired) electrons. The molecule has 2 atom stereocenters. The molecule has 10 heteroatoms. The largest absolute Gasteiger partial charge is 0.491 e. The molecule has 0 saturated heterocycles. The van der Waals surface area contributed by atoms with Gasteiger partial charge in [-0.15, -0.1) is 11.3 Å². The molecule has 0 fully saturated rings. The Morgan fingerprint density at radius 2 is 1.89 bits per heavy atom. The number of hydrogen-bond acceptors (Lipinski definition) is 5. The Morgan fingerprint density at radius 3 is 2.56 bits per heavy atom. The van der Waals surface area contributed by atoms with Crippen molar-refractivity contribution in [2.24, 2.45) is 0 Å². The number of hydrogen-bond donors (Lipinski definition) is 0. The summed E-state index contributed by atoms with van der Waals surface area (Å²) in [7, 11) is -3.93. The number of sulfonamides is 1. The van der Waals surface area contributed by atoms with E-state index in [1.807, 2.05) is 18.4 Å². The van der Waals surface area contributed by atoms with Crippen molar-refractivity contribution in [3.8, 4) is 5.75 Å². The van der Waals surface area contributed by atoms with Crippen LogP contribution in [0.2, 0.25) is 5.02 Å². The minimum atomic E-state index is -3.93. The summed E-state index contributed by atoms with van der Waals surface area (Å²) in [4.78, 5) is 16.6. The predicted octanol–water partition coefficient (Wildman–Crippen LogP) is 5.53. The number of rotatable bonds is 9. The van der Waals surface area contributed by atoms with Gasteiger partial charge in [-0.25, -0.2) is 12.8 Å². The number of benzene rings is 2. The number of fused-ring (bicyclic) bond motifs is 1. The highest BCUT2D eigenvalue weighted by molar-refractivity contribution is 7.89. The van der Waals surface area contributed by atoms with E-state index in [9.17, 15) is 17.6 Å². The van der Waals surface area contributed by atoms with Crippen molar-refractivity contribution >= 4 is 38.9 Å². The molecular formula is C26H28ClFN2O4S2. The summed E-state index contributed by atoms with van der Waals surface area (Å²) in [6, 6.07) is 12.9. The van der Waals surface area contributed by atoms with Gasteiger partial charge in [0, 0.05) is 22.5 Å². The molecule has 1 amide bonds. The molecular weight excluding hydrogens is 523 g/mol. The van der Waals surface area contributed by atoms with Crippen LogP contribution in [0.1, 0.15) is 36.8 Å². The van der Waals surface area contributed by atoms with E-state index in [-0.39, 0.29) is 41.9 Å². The van der Waals surface area contributed by atoms with Gasteiger partial charge in [0.15, 0.2) is 0 Å². The maximum Gasteiger partial charge on any atom is 0.243 e. The second kappa shape index (κ2) is 11.3. The molecule has 1 aliphatic rings. The Balaban J connectivity index is 1.58. The highest BCUT2D eigenvalue weighted by Gasteiger charge is 2.36. The van der Waals surface area contributed by atoms with E-state index < -0.39 is 10.0 Å². The highest BCUT2D eigenvalue weighted by Crippen LogP contribution is 2.34. The second-order valence-electron chi connectivity index (χ2n) is 8.68. The SMILES string of the molecule is CC[C@@H](C)N(CC(=O)N1CCc2sccc2[C@@H]1COc1ccc(F)cc1)S(=O)(=O)c1ccc(Cl)cc1. The fourth-order valence-electron chi connectivity index (χ4n) is 4.23. The lowest BCUT2D eigenvalue weighted by molar-refractivity contribution is -0.135. The van der Waals surface area contributed by atoms with Crippen LogP contribution in [0.15, 0.2) is 64.9 Å². The molecule has 2 heterocycles. The molecule has 1 aromatic heterocycles. The van der Waals surface area contributed by atoms with Gasteiger partial charge in [-0.1, -0.05) is 18.5 Å². The van der Waals surface area contributed by atoms with Crippen LogP contribution in [-0.4, -0.2) is 49.3 Å². The first-order valence-corrected chi connectivity index (χ1v) is 14.4. The number of halogens is 2. The molecule has 0 aliphatic carbocycles. The van der Waals surface area contributed by atoms with Crippen LogP contribution in [0.4, 0.5) is 4.39 Å². The van der Waals surface area contributed by atoms with Crippen molar-refractivity contribution in [3.05, 3.63) is 81.3 Å². The number of carbonyl (C=O) groups is 1. The molecule has 6 nitrogen and oxygen atoms in total. The summed E-state index contributed by atoms with van der Waals surface area (Å²) in [5.74, 6) is -0.154. The quantitative estimate of drug-likeness (QED) is 0.351. The van der Waals surface area contributed by atoms with Gasteiger partial charge < -0.3 is 9.64 Å². The lowest BCUT2D eigenvalue weighted by Crippen LogP contribution is -2.49. The topological polar surface area (TPSA) is 66.9 Å². The summed E-state index contributed by atoms with van der Waals surface area (Å²) >= 11 is 7.58. The van der Waals surface area contributed by atoms with Crippen LogP contribution in [0.3, 0.4) is 0 Å². The third-order valence-electron chi connectivity index (χ3n) is 6.43. The average molecular weight is 551 g/mol. The minimum absolute atomic E-state index is 0.0926. The molecule has 192 valence electrons. The number of carbonyl (C=O) groups excluding carboxylic acids is 1. The standard InChI is InChI=1S/C26H28ClFN2O4S2/c1-3-18(2)30(36(32,33)22-10-4-19(27)5-11-22)16-26(31)29-14-12-25-23(13-15-35-25)24(29)17-34-21-8-6-20(28)7-9-21/h4-11,13,15,18,24H,3,12,14,16-17H2,1-2H3/t18-,24+/m1/s1. The van der Waals surface area contributed by atoms with Gasteiger partial charge in [0.25, 0.3) is 0 Å². The van der Waals surface area contributed by atoms with Gasteiger partial charge in [0.2, 0.25) is 15.9 Å². The number of nitrogens with zero attached hydrogens (tertiary/aromatic N) is 2. The zero-order valence-corrected chi connectivity index (χ0v) is 22.5. The Morgan fingerprint density at radius 1 is 1.19 bits per heavy atom. The van der Waals surface area contributed by atoms with Crippen LogP contribution in [0.5, 0.6) is 5.75 Å². The third-order valence-corrected chi connectivity index (χ3v) is 9.65. The summed E-state index contributed by atoms with van der Waals surface area (Å²) in [6.07, 6.45) is 1.24. The minimum Gasteiger partial charge on any atom is -0.491 e. The Kier molecular flexibility index (Phi) is 8.34. The molecule has 1 aliphatic heterocycles. The average Bonchev–Trinajstić information content (AvgIpc) is 3.35. The Bertz CT molecular complexity index is 1300. The van der Waals surface area contributed by atoms with E-state index in [1.165, 1.54) is 45.6 Å². The van der Waals surface area contributed by atoms with Crippen molar-refractivity contribution in [2.45, 2.75) is 43.7 Å². The first-order chi connectivity index (χ1) is 17.2. The van der Waals surface area contributed by atoms with E-state index in [2.05, 4.69) is 0 Å². The lowest BCUT2D eigenvalue weighted by Gasteiger charge is -2.37. The summed E-state index contributed by atoms with van der Waals surface area (Å²) in [5, 5.41) is 2.42. The monoisotopic (exact) mass is 550 g/mol. The summed E-state index contributed by atoms with van der Waals surface area (Å²) in [6.45, 7) is 4.03. The van der Waals surface area contributed by atoms with Crippen LogP contribution < -0.4 is 4.74 Å². The zero-order chi connectivity index (χ0) is 25.9. The van der Waals surface area contributed by atoms with Crippen molar-refractivity contribution < 1.29 is 22.3 Å². The molecule has 4 rings (SSSR count). The molecule has 0 N–H and O–H groups in total. The van der Waals surface area contributed by atoms with E-state index in [0.717, 1.165) is 5.56 Å². The predicted molar refractivity (Wildman–Crippen MR) is 139 cm³/mol. The zero-order valence-electron chi connectivity index (χ0n) is 20.1. The fourth-order valence-corrected chi connectivity index (χ4v) is 6.94. The van der Waals surface area contributed by atoms with E-state index in [4.69, 9.17) is 16.3 Å². The van der Waals surface area contributed by atoms with Gasteiger partial charge >= 0.3 is 0 Å². The van der Waals surface area contributed by atoms with Crippen molar-refractivity contribution in [3.63, 3.8) is 0 Å². The van der Waals surface area contributed by atoms with Crippen LogP contribution in [-0.2, 0) is 21.2 Å². The van der Waals surface area contributed by atoms with Crippen LogP contribution in [0, 0.1) is 5.82 Å². The van der Waals surface area contributed by atoms with Crippen molar-refractivity contribution in [2.75, 3.05) is 19.7 Å². The van der Waals surface area contributed by atoms with E-state index in [1.54, 1.807) is 35.3 Å². The van der Waals surface area contributed by atoms with Crippen molar-refractivity contribution in [1.29, 1.82) is 0 Å².